The van der Waals surface area contributed by atoms with Gasteiger partial charge in [0, 0.05) is 0 Å². The average molecular weight is 633 g/mol. The van der Waals surface area contributed by atoms with Gasteiger partial charge in [0.1, 0.15) is 0 Å². The van der Waals surface area contributed by atoms with Crippen molar-refractivity contribution in [3.05, 3.63) is 45.4 Å². The minimum absolute atomic E-state index is 0.00120. The standard InChI is InChI=1S/C35H49BN4O6/c1-34(2)19-9-8-16(21(34)13-19)14-40(7)15-18-12-23(41)25-20(27(18)38(3)4)10-17-11-22-28(39(5)6)30(43)26(33(37)45)31(36)35(22,46)32(44)24(17)29(25)42/h12,16-17,19,21-22,28,36,41,43-44,46H,8-11,13-15H2,1-7H3,(H2,37,45)/t16-,17+,19?,21?,22+,28+,35-/m1/s1. The number of likely N-dealkylation sites (N-methyl/N-ethyl adjacent to an activating group) is 1. The van der Waals surface area contributed by atoms with E-state index in [1.807, 2.05) is 19.0 Å². The summed E-state index contributed by atoms with van der Waals surface area (Å²) in [6.45, 7) is 6.39. The number of phenols is 1. The number of allylic oxidation sites excluding steroid dienone is 1. The van der Waals surface area contributed by atoms with Gasteiger partial charge in [-0.3, -0.25) is 0 Å². The summed E-state index contributed by atoms with van der Waals surface area (Å²) >= 11 is 0. The van der Waals surface area contributed by atoms with Crippen molar-refractivity contribution in [2.24, 2.45) is 40.7 Å². The van der Waals surface area contributed by atoms with Crippen LogP contribution in [0.1, 0.15) is 61.0 Å². The number of anilines is 1. The van der Waals surface area contributed by atoms with E-state index in [1.165, 1.54) is 19.3 Å². The van der Waals surface area contributed by atoms with E-state index in [9.17, 15) is 30.0 Å². The molecule has 0 heterocycles. The quantitative estimate of drug-likeness (QED) is 0.285. The van der Waals surface area contributed by atoms with Crippen molar-refractivity contribution in [3.8, 4) is 5.75 Å². The molecule has 7 rings (SSSR count). The molecule has 11 heteroatoms. The van der Waals surface area contributed by atoms with E-state index >= 15 is 0 Å². The number of Topliss-reactive ketones (excluding diaryl/α,β-unsaturated/α-hetero) is 1. The summed E-state index contributed by atoms with van der Waals surface area (Å²) in [6, 6.07) is 0.800. The third-order valence-corrected chi connectivity index (χ3v) is 12.4. The number of rotatable bonds is 7. The van der Waals surface area contributed by atoms with E-state index in [2.05, 4.69) is 33.3 Å². The second kappa shape index (κ2) is 11.0. The molecule has 1 aromatic rings. The predicted octanol–water partition coefficient (Wildman–Crippen LogP) is 2.19. The minimum atomic E-state index is -2.21. The maximum absolute atomic E-state index is 14.3. The molecule has 0 saturated heterocycles. The summed E-state index contributed by atoms with van der Waals surface area (Å²) in [5.74, 6) is -1.75. The van der Waals surface area contributed by atoms with Gasteiger partial charge < -0.3 is 0 Å². The summed E-state index contributed by atoms with van der Waals surface area (Å²) in [5.41, 5.74) is 5.81. The first-order valence-corrected chi connectivity index (χ1v) is 16.5. The Bertz CT molecular complexity index is 1600. The summed E-state index contributed by atoms with van der Waals surface area (Å²) in [7, 11) is 13.3. The molecule has 2 bridgehead atoms. The van der Waals surface area contributed by atoms with Crippen LogP contribution in [0.5, 0.6) is 5.75 Å². The van der Waals surface area contributed by atoms with Gasteiger partial charge in [0.25, 0.3) is 0 Å². The van der Waals surface area contributed by atoms with Crippen molar-refractivity contribution in [2.45, 2.75) is 64.1 Å². The van der Waals surface area contributed by atoms with Gasteiger partial charge in [-0.2, -0.15) is 0 Å². The molecule has 2 unspecified atom stereocenters. The molecule has 0 aliphatic heterocycles. The molecule has 6 aliphatic rings. The number of benzene rings is 1. The maximum atomic E-state index is 14.3. The van der Waals surface area contributed by atoms with Gasteiger partial charge >= 0.3 is 217 Å². The Labute approximate surface area is 272 Å². The first kappa shape index (κ1) is 32.8. The van der Waals surface area contributed by atoms with Gasteiger partial charge in [-0.05, 0) is 42.4 Å². The van der Waals surface area contributed by atoms with Crippen LogP contribution in [0.3, 0.4) is 0 Å². The van der Waals surface area contributed by atoms with Crippen LogP contribution in [-0.2, 0) is 17.8 Å². The number of primary amides is 1. The van der Waals surface area contributed by atoms with Crippen molar-refractivity contribution in [1.29, 1.82) is 0 Å². The second-order valence-electron chi connectivity index (χ2n) is 15.7. The van der Waals surface area contributed by atoms with Crippen molar-refractivity contribution in [3.63, 3.8) is 0 Å². The third-order valence-electron chi connectivity index (χ3n) is 12.4. The molecule has 7 atom stereocenters. The first-order chi connectivity index (χ1) is 21.4. The van der Waals surface area contributed by atoms with Crippen LogP contribution < -0.4 is 10.6 Å². The zero-order valence-corrected chi connectivity index (χ0v) is 28.2. The van der Waals surface area contributed by atoms with Crippen LogP contribution in [-0.4, -0.2) is 108 Å². The molecule has 248 valence electrons. The van der Waals surface area contributed by atoms with E-state index in [0.29, 0.717) is 29.9 Å². The van der Waals surface area contributed by atoms with Crippen molar-refractivity contribution in [1.82, 2.24) is 9.80 Å². The van der Waals surface area contributed by atoms with Crippen LogP contribution in [0.4, 0.5) is 5.69 Å². The molecule has 46 heavy (non-hydrogen) atoms. The monoisotopic (exact) mass is 632 g/mol. The molecule has 0 aromatic heterocycles. The molecule has 10 nitrogen and oxygen atoms in total. The molecular formula is C35H49BN4O6. The number of aromatic hydroxyl groups is 1. The Morgan fingerprint density at radius 1 is 1.07 bits per heavy atom. The number of amides is 1. The molecule has 1 amide bonds. The molecule has 0 radical (unpaired) electrons. The van der Waals surface area contributed by atoms with E-state index in [-0.39, 0.29) is 40.1 Å². The Morgan fingerprint density at radius 3 is 2.30 bits per heavy atom. The first-order valence-electron chi connectivity index (χ1n) is 16.5. The van der Waals surface area contributed by atoms with Gasteiger partial charge in [0.2, 0.25) is 0 Å². The number of nitrogens with two attached hydrogens (primary N) is 1. The van der Waals surface area contributed by atoms with Crippen molar-refractivity contribution >= 4 is 30.3 Å². The summed E-state index contributed by atoms with van der Waals surface area (Å²) < 4.78 is 0. The third kappa shape index (κ3) is 4.52. The molecule has 6 aliphatic carbocycles. The number of carbonyl (C=O) groups is 2. The second-order valence-corrected chi connectivity index (χ2v) is 15.7. The normalized spacial score (nSPS) is 33.1. The Morgan fingerprint density at radius 2 is 1.74 bits per heavy atom. The molecule has 0 spiro atoms. The van der Waals surface area contributed by atoms with E-state index in [1.54, 1.807) is 25.1 Å². The molecule has 3 fully saturated rings. The summed E-state index contributed by atoms with van der Waals surface area (Å²) in [5, 5.41) is 46.4. The number of hydrogen-bond donors (Lipinski definition) is 5. The van der Waals surface area contributed by atoms with Gasteiger partial charge in [0.05, 0.1) is 0 Å². The van der Waals surface area contributed by atoms with Crippen LogP contribution >= 0.6 is 0 Å². The van der Waals surface area contributed by atoms with Gasteiger partial charge in [0.15, 0.2) is 0 Å². The topological polar surface area (TPSA) is 151 Å². The number of nitrogens with zero attached hydrogens (tertiary/aromatic N) is 3. The predicted molar refractivity (Wildman–Crippen MR) is 180 cm³/mol. The zero-order valence-electron chi connectivity index (χ0n) is 28.2. The SMILES string of the molecule is B=C1C(C(N)=O)=C(O)[C@@H](N(C)C)[C@@H]2C[C@@H]3Cc4c(c(O)cc(CN(C)C[C@H]5CCC6CC5C6(C)C)c4N(C)C)C(=O)C3=C(O)[C@]12O. The van der Waals surface area contributed by atoms with Crippen LogP contribution in [0.25, 0.3) is 0 Å². The van der Waals surface area contributed by atoms with Gasteiger partial charge in [-0.25, -0.2) is 0 Å². The Hall–Kier alpha value is -3.15. The number of ketones is 1. The van der Waals surface area contributed by atoms with Crippen LogP contribution in [0.2, 0.25) is 0 Å². The molecule has 1 aromatic carbocycles. The fourth-order valence-corrected chi connectivity index (χ4v) is 10.2. The summed E-state index contributed by atoms with van der Waals surface area (Å²) in [4.78, 5) is 32.6. The van der Waals surface area contributed by atoms with Crippen LogP contribution in [0.15, 0.2) is 28.7 Å². The van der Waals surface area contributed by atoms with Gasteiger partial charge in [-0.1, -0.05) is 13.8 Å². The number of aliphatic hydroxyl groups excluding tert-OH is 2. The van der Waals surface area contributed by atoms with E-state index < -0.39 is 40.9 Å². The summed E-state index contributed by atoms with van der Waals surface area (Å²) in [6.07, 6.45) is 4.40. The number of fused-ring (bicyclic) bond motifs is 5. The van der Waals surface area contributed by atoms with Gasteiger partial charge in [-0.15, -0.1) is 0 Å². The number of hydrogen-bond acceptors (Lipinski definition) is 9. The van der Waals surface area contributed by atoms with E-state index in [4.69, 9.17) is 5.73 Å². The number of carbonyl (C=O) groups excluding carboxylic acids is 2. The fourth-order valence-electron chi connectivity index (χ4n) is 10.2. The van der Waals surface area contributed by atoms with Crippen molar-refractivity contribution in [2.75, 3.05) is 46.7 Å². The zero-order chi connectivity index (χ0) is 33.8. The van der Waals surface area contributed by atoms with E-state index in [0.717, 1.165) is 29.6 Å². The molecule has 3 saturated carbocycles. The van der Waals surface area contributed by atoms with Crippen molar-refractivity contribution < 1.29 is 30.0 Å². The number of phenolic OH excluding ortho intramolecular Hbond substituents is 1. The fraction of sp³-hybridized carbons (Fsp3) is 0.629. The Balaban J connectivity index is 1.39. The Kier molecular flexibility index (Phi) is 7.81. The molecular weight excluding hydrogens is 583 g/mol. The average Bonchev–Trinajstić information content (AvgIpc) is 2.94. The number of aliphatic hydroxyl groups is 3. The molecule has 6 N–H and O–H groups in total. The van der Waals surface area contributed by atoms with Crippen LogP contribution in [0, 0.1) is 35.0 Å².